The van der Waals surface area contributed by atoms with E-state index >= 15 is 0 Å². The van der Waals surface area contributed by atoms with E-state index in [2.05, 4.69) is 20.7 Å². The molecule has 2 N–H and O–H groups in total. The van der Waals surface area contributed by atoms with E-state index in [1.165, 1.54) is 6.33 Å². The Labute approximate surface area is 158 Å². The molecule has 7 nitrogen and oxygen atoms in total. The van der Waals surface area contributed by atoms with E-state index in [4.69, 9.17) is 4.74 Å². The lowest BCUT2D eigenvalue weighted by Crippen LogP contribution is -2.34. The molecule has 0 saturated carbocycles. The first-order valence-electron chi connectivity index (χ1n) is 8.81. The minimum atomic E-state index is -0.210. The highest BCUT2D eigenvalue weighted by Gasteiger charge is 2.03. The van der Waals surface area contributed by atoms with Gasteiger partial charge in [0, 0.05) is 13.1 Å². The molecule has 0 aliphatic rings. The number of carbonyl (C=O) groups is 1. The van der Waals surface area contributed by atoms with Crippen molar-refractivity contribution in [2.45, 2.75) is 33.0 Å². The average Bonchev–Trinajstić information content (AvgIpc) is 3.20. The second-order valence-electron chi connectivity index (χ2n) is 6.35. The zero-order chi connectivity index (χ0) is 19.1. The summed E-state index contributed by atoms with van der Waals surface area (Å²) in [6.45, 7) is 4.88. The minimum Gasteiger partial charge on any atom is -0.491 e. The standard InChI is InChI=1S/C20H23N5O2/c1-15(2)27-19-9-5-17(6-10-19)12-23-20(26)22-11-16-3-7-18(8-4-16)25-14-21-13-24-25/h3-10,13-15H,11-12H2,1-2H3,(H2,22,23,26). The number of ether oxygens (including phenoxy) is 1. The first-order chi connectivity index (χ1) is 13.1. The number of nitrogens with zero attached hydrogens (tertiary/aromatic N) is 3. The fourth-order valence-corrected chi connectivity index (χ4v) is 2.49. The van der Waals surface area contributed by atoms with Gasteiger partial charge >= 0.3 is 6.03 Å². The van der Waals surface area contributed by atoms with E-state index in [-0.39, 0.29) is 12.1 Å². The number of hydrogen-bond acceptors (Lipinski definition) is 4. The van der Waals surface area contributed by atoms with Gasteiger partial charge in [-0.1, -0.05) is 24.3 Å². The predicted octanol–water partition coefficient (Wildman–Crippen LogP) is 3.05. The Morgan fingerprint density at radius 3 is 2.11 bits per heavy atom. The van der Waals surface area contributed by atoms with Crippen LogP contribution in [0.4, 0.5) is 4.79 Å². The number of carbonyl (C=O) groups excluding carboxylic acids is 1. The molecule has 0 spiro atoms. The van der Waals surface area contributed by atoms with Crippen LogP contribution in [0.2, 0.25) is 0 Å². The average molecular weight is 365 g/mol. The van der Waals surface area contributed by atoms with Crippen LogP contribution in [0.15, 0.2) is 61.2 Å². The highest BCUT2D eigenvalue weighted by atomic mass is 16.5. The molecule has 0 aliphatic carbocycles. The van der Waals surface area contributed by atoms with Gasteiger partial charge in [-0.05, 0) is 49.2 Å². The molecule has 140 valence electrons. The molecule has 0 fully saturated rings. The van der Waals surface area contributed by atoms with E-state index in [9.17, 15) is 4.79 Å². The number of amides is 2. The molecule has 27 heavy (non-hydrogen) atoms. The second kappa shape index (κ2) is 8.84. The molecule has 2 amide bonds. The lowest BCUT2D eigenvalue weighted by molar-refractivity contribution is 0.240. The maximum absolute atomic E-state index is 12.0. The van der Waals surface area contributed by atoms with Crippen LogP contribution in [0.5, 0.6) is 5.75 Å². The maximum Gasteiger partial charge on any atom is 0.315 e. The normalized spacial score (nSPS) is 10.6. The number of aromatic nitrogens is 3. The number of nitrogens with one attached hydrogen (secondary N) is 2. The van der Waals surface area contributed by atoms with Gasteiger partial charge in [-0.2, -0.15) is 5.10 Å². The summed E-state index contributed by atoms with van der Waals surface area (Å²) in [5.41, 5.74) is 2.94. The Balaban J connectivity index is 1.43. The van der Waals surface area contributed by atoms with Crippen LogP contribution in [0.1, 0.15) is 25.0 Å². The van der Waals surface area contributed by atoms with Crippen LogP contribution in [0.3, 0.4) is 0 Å². The van der Waals surface area contributed by atoms with Crippen molar-refractivity contribution in [1.82, 2.24) is 25.4 Å². The summed E-state index contributed by atoms with van der Waals surface area (Å²) in [6, 6.07) is 15.3. The van der Waals surface area contributed by atoms with Crippen LogP contribution >= 0.6 is 0 Å². The van der Waals surface area contributed by atoms with Gasteiger partial charge in [0.05, 0.1) is 11.8 Å². The molecule has 1 aromatic heterocycles. The predicted molar refractivity (Wildman–Crippen MR) is 103 cm³/mol. The molecule has 0 bridgehead atoms. The molecule has 0 aliphatic heterocycles. The Bertz CT molecular complexity index is 843. The van der Waals surface area contributed by atoms with Gasteiger partial charge in [0.1, 0.15) is 18.4 Å². The summed E-state index contributed by atoms with van der Waals surface area (Å²) in [7, 11) is 0. The summed E-state index contributed by atoms with van der Waals surface area (Å²) < 4.78 is 7.29. The number of urea groups is 1. The van der Waals surface area contributed by atoms with E-state index < -0.39 is 0 Å². The third-order valence-corrected chi connectivity index (χ3v) is 3.82. The smallest absolute Gasteiger partial charge is 0.315 e. The first kappa shape index (κ1) is 18.4. The van der Waals surface area contributed by atoms with Gasteiger partial charge in [0.15, 0.2) is 0 Å². The zero-order valence-corrected chi connectivity index (χ0v) is 15.4. The summed E-state index contributed by atoms with van der Waals surface area (Å²) >= 11 is 0. The first-order valence-corrected chi connectivity index (χ1v) is 8.81. The SMILES string of the molecule is CC(C)Oc1ccc(CNC(=O)NCc2ccc(-n3cncn3)cc2)cc1. The van der Waals surface area contributed by atoms with Crippen molar-refractivity contribution in [3.05, 3.63) is 72.3 Å². The van der Waals surface area contributed by atoms with Gasteiger partial charge in [0.25, 0.3) is 0 Å². The van der Waals surface area contributed by atoms with Gasteiger partial charge in [-0.3, -0.25) is 0 Å². The summed E-state index contributed by atoms with van der Waals surface area (Å²) in [4.78, 5) is 15.9. The van der Waals surface area contributed by atoms with Crippen LogP contribution in [-0.2, 0) is 13.1 Å². The lowest BCUT2D eigenvalue weighted by Gasteiger charge is -2.11. The van der Waals surface area contributed by atoms with Crippen molar-refractivity contribution in [2.75, 3.05) is 0 Å². The van der Waals surface area contributed by atoms with Gasteiger partial charge in [-0.15, -0.1) is 0 Å². The third kappa shape index (κ3) is 5.57. The summed E-state index contributed by atoms with van der Waals surface area (Å²) in [5.74, 6) is 0.826. The monoisotopic (exact) mass is 365 g/mol. The van der Waals surface area contributed by atoms with Gasteiger partial charge in [-0.25, -0.2) is 14.5 Å². The second-order valence-corrected chi connectivity index (χ2v) is 6.35. The van der Waals surface area contributed by atoms with E-state index in [0.29, 0.717) is 13.1 Å². The largest absolute Gasteiger partial charge is 0.491 e. The van der Waals surface area contributed by atoms with Crippen molar-refractivity contribution in [2.24, 2.45) is 0 Å². The van der Waals surface area contributed by atoms with Crippen LogP contribution in [-0.4, -0.2) is 26.9 Å². The van der Waals surface area contributed by atoms with Crippen molar-refractivity contribution in [3.8, 4) is 11.4 Å². The van der Waals surface area contributed by atoms with E-state index in [0.717, 1.165) is 22.6 Å². The molecular formula is C20H23N5O2. The Hall–Kier alpha value is -3.35. The number of hydrogen-bond donors (Lipinski definition) is 2. The Kier molecular flexibility index (Phi) is 6.04. The van der Waals surface area contributed by atoms with E-state index in [1.807, 2.05) is 62.4 Å². The van der Waals surface area contributed by atoms with Crippen molar-refractivity contribution < 1.29 is 9.53 Å². The van der Waals surface area contributed by atoms with Crippen LogP contribution < -0.4 is 15.4 Å². The summed E-state index contributed by atoms with van der Waals surface area (Å²) in [5, 5.41) is 9.78. The zero-order valence-electron chi connectivity index (χ0n) is 15.4. The fraction of sp³-hybridized carbons (Fsp3) is 0.250. The fourth-order valence-electron chi connectivity index (χ4n) is 2.49. The molecule has 1 heterocycles. The van der Waals surface area contributed by atoms with Crippen molar-refractivity contribution >= 4 is 6.03 Å². The molecule has 0 unspecified atom stereocenters. The molecule has 0 radical (unpaired) electrons. The minimum absolute atomic E-state index is 0.144. The maximum atomic E-state index is 12.0. The molecule has 3 aromatic rings. The van der Waals surface area contributed by atoms with Gasteiger partial charge in [0.2, 0.25) is 0 Å². The Morgan fingerprint density at radius 2 is 1.59 bits per heavy atom. The highest BCUT2D eigenvalue weighted by molar-refractivity contribution is 5.73. The van der Waals surface area contributed by atoms with Crippen molar-refractivity contribution in [3.63, 3.8) is 0 Å². The quantitative estimate of drug-likeness (QED) is 0.674. The molecule has 0 atom stereocenters. The Morgan fingerprint density at radius 1 is 1.00 bits per heavy atom. The summed E-state index contributed by atoms with van der Waals surface area (Å²) in [6.07, 6.45) is 3.28. The van der Waals surface area contributed by atoms with Crippen molar-refractivity contribution in [1.29, 1.82) is 0 Å². The molecule has 2 aromatic carbocycles. The van der Waals surface area contributed by atoms with Crippen LogP contribution in [0, 0.1) is 0 Å². The topological polar surface area (TPSA) is 81.1 Å². The number of benzene rings is 2. The third-order valence-electron chi connectivity index (χ3n) is 3.82. The van der Waals surface area contributed by atoms with Crippen LogP contribution in [0.25, 0.3) is 5.69 Å². The number of rotatable bonds is 7. The lowest BCUT2D eigenvalue weighted by atomic mass is 10.2. The van der Waals surface area contributed by atoms with Gasteiger partial charge < -0.3 is 15.4 Å². The molecule has 7 heteroatoms. The highest BCUT2D eigenvalue weighted by Crippen LogP contribution is 2.13. The molecule has 0 saturated heterocycles. The molecule has 3 rings (SSSR count). The van der Waals surface area contributed by atoms with E-state index in [1.54, 1.807) is 11.0 Å². The molecular weight excluding hydrogens is 342 g/mol.